The molecule has 0 saturated carbocycles. The molecule has 3 nitrogen and oxygen atoms in total. The fourth-order valence-electron chi connectivity index (χ4n) is 1.30. The minimum absolute atomic E-state index is 0.0280. The molecule has 1 aromatic rings. The van der Waals surface area contributed by atoms with Crippen molar-refractivity contribution in [1.82, 2.24) is 5.32 Å². The van der Waals surface area contributed by atoms with E-state index < -0.39 is 11.9 Å². The van der Waals surface area contributed by atoms with Gasteiger partial charge in [0, 0.05) is 5.92 Å². The molecule has 0 aliphatic heterocycles. The zero-order valence-corrected chi connectivity index (χ0v) is 10.5. The van der Waals surface area contributed by atoms with Crippen LogP contribution in [0.3, 0.4) is 0 Å². The van der Waals surface area contributed by atoms with Gasteiger partial charge in [-0.3, -0.25) is 4.79 Å². The van der Waals surface area contributed by atoms with Gasteiger partial charge in [-0.15, -0.1) is 0 Å². The van der Waals surface area contributed by atoms with Crippen LogP contribution in [-0.4, -0.2) is 17.6 Å². The summed E-state index contributed by atoms with van der Waals surface area (Å²) in [6.07, 6.45) is 0. The van der Waals surface area contributed by atoms with Crippen molar-refractivity contribution in [2.75, 3.05) is 6.61 Å². The summed E-state index contributed by atoms with van der Waals surface area (Å²) in [6, 6.07) is 3.53. The van der Waals surface area contributed by atoms with Gasteiger partial charge in [-0.2, -0.15) is 0 Å². The molecule has 1 atom stereocenters. The van der Waals surface area contributed by atoms with E-state index in [1.165, 1.54) is 18.2 Å². The Kier molecular flexibility index (Phi) is 4.90. The third-order valence-corrected chi connectivity index (χ3v) is 2.66. The van der Waals surface area contributed by atoms with Crippen LogP contribution in [0.1, 0.15) is 25.5 Å². The van der Waals surface area contributed by atoms with Crippen molar-refractivity contribution in [1.29, 1.82) is 0 Å². The molecular formula is C12H15ClFNO2. The highest BCUT2D eigenvalue weighted by Crippen LogP contribution is 2.21. The first-order valence-corrected chi connectivity index (χ1v) is 5.69. The van der Waals surface area contributed by atoms with Crippen molar-refractivity contribution in [2.24, 2.45) is 5.92 Å². The van der Waals surface area contributed by atoms with E-state index in [2.05, 4.69) is 5.32 Å². The number of amides is 1. The lowest BCUT2D eigenvalue weighted by atomic mass is 10.1. The van der Waals surface area contributed by atoms with E-state index in [9.17, 15) is 14.3 Å². The number of carbonyl (C=O) groups is 1. The summed E-state index contributed by atoms with van der Waals surface area (Å²) in [7, 11) is 0. The summed E-state index contributed by atoms with van der Waals surface area (Å²) in [5.41, 5.74) is 0.577. The van der Waals surface area contributed by atoms with E-state index in [-0.39, 0.29) is 23.5 Å². The Balaban J connectivity index is 2.86. The Bertz CT molecular complexity index is 409. The fourth-order valence-corrected chi connectivity index (χ4v) is 1.49. The van der Waals surface area contributed by atoms with Crippen LogP contribution in [0.2, 0.25) is 5.02 Å². The molecule has 1 rings (SSSR count). The highest BCUT2D eigenvalue weighted by Gasteiger charge is 2.16. The zero-order chi connectivity index (χ0) is 13.0. The molecule has 5 heteroatoms. The van der Waals surface area contributed by atoms with Crippen molar-refractivity contribution in [3.8, 4) is 0 Å². The third-order valence-electron chi connectivity index (χ3n) is 2.37. The molecule has 0 aromatic heterocycles. The standard InChI is InChI=1S/C12H15ClFNO2/c1-7(2)12(17)15-11(6-16)8-3-4-10(14)9(13)5-8/h3-5,7,11,16H,6H2,1-2H3,(H,15,17)/t11-/m1/s1. The van der Waals surface area contributed by atoms with Crippen molar-refractivity contribution >= 4 is 17.5 Å². The topological polar surface area (TPSA) is 49.3 Å². The van der Waals surface area contributed by atoms with E-state index >= 15 is 0 Å². The minimum atomic E-state index is -0.567. The summed E-state index contributed by atoms with van der Waals surface area (Å²) in [6.45, 7) is 3.24. The normalized spacial score (nSPS) is 12.6. The largest absolute Gasteiger partial charge is 0.394 e. The van der Waals surface area contributed by atoms with E-state index in [1.54, 1.807) is 13.8 Å². The van der Waals surface area contributed by atoms with Crippen molar-refractivity contribution < 1.29 is 14.3 Å². The van der Waals surface area contributed by atoms with Crippen LogP contribution in [0, 0.1) is 11.7 Å². The summed E-state index contributed by atoms with van der Waals surface area (Å²) < 4.78 is 13.0. The Morgan fingerprint density at radius 1 is 1.53 bits per heavy atom. The van der Waals surface area contributed by atoms with Gasteiger partial charge in [0.1, 0.15) is 5.82 Å². The number of nitrogens with one attached hydrogen (secondary N) is 1. The quantitative estimate of drug-likeness (QED) is 0.872. The van der Waals surface area contributed by atoms with E-state index in [1.807, 2.05) is 0 Å². The van der Waals surface area contributed by atoms with Gasteiger partial charge in [-0.25, -0.2) is 4.39 Å². The Labute approximate surface area is 105 Å². The second-order valence-electron chi connectivity index (χ2n) is 4.07. The second kappa shape index (κ2) is 5.98. The monoisotopic (exact) mass is 259 g/mol. The molecule has 0 bridgehead atoms. The van der Waals surface area contributed by atoms with Gasteiger partial charge in [-0.05, 0) is 17.7 Å². The third kappa shape index (κ3) is 3.68. The van der Waals surface area contributed by atoms with Gasteiger partial charge in [-0.1, -0.05) is 31.5 Å². The van der Waals surface area contributed by atoms with Crippen LogP contribution in [0.15, 0.2) is 18.2 Å². The molecule has 0 fully saturated rings. The Morgan fingerprint density at radius 3 is 2.65 bits per heavy atom. The molecule has 0 aliphatic rings. The number of aliphatic hydroxyl groups is 1. The zero-order valence-electron chi connectivity index (χ0n) is 9.71. The first-order valence-electron chi connectivity index (χ1n) is 5.32. The molecule has 0 unspecified atom stereocenters. The Morgan fingerprint density at radius 2 is 2.18 bits per heavy atom. The molecule has 0 spiro atoms. The van der Waals surface area contributed by atoms with Gasteiger partial charge in [0.25, 0.3) is 0 Å². The van der Waals surface area contributed by atoms with Gasteiger partial charge in [0.2, 0.25) is 5.91 Å². The van der Waals surface area contributed by atoms with Crippen molar-refractivity contribution in [3.05, 3.63) is 34.6 Å². The second-order valence-corrected chi connectivity index (χ2v) is 4.48. The molecule has 0 aliphatic carbocycles. The summed E-state index contributed by atoms with van der Waals surface area (Å²) in [5, 5.41) is 11.8. The van der Waals surface area contributed by atoms with E-state index in [0.717, 1.165) is 0 Å². The van der Waals surface area contributed by atoms with Crippen LogP contribution < -0.4 is 5.32 Å². The smallest absolute Gasteiger partial charge is 0.223 e. The summed E-state index contributed by atoms with van der Waals surface area (Å²) in [5.74, 6) is -0.883. The van der Waals surface area contributed by atoms with Crippen LogP contribution >= 0.6 is 11.6 Å². The molecule has 1 amide bonds. The molecule has 0 saturated heterocycles. The average molecular weight is 260 g/mol. The maximum absolute atomic E-state index is 13.0. The molecule has 94 valence electrons. The van der Waals surface area contributed by atoms with Crippen LogP contribution in [-0.2, 0) is 4.79 Å². The van der Waals surface area contributed by atoms with Gasteiger partial charge in [0.05, 0.1) is 17.7 Å². The number of halogens is 2. The molecule has 0 radical (unpaired) electrons. The lowest BCUT2D eigenvalue weighted by Gasteiger charge is -2.18. The first-order chi connectivity index (χ1) is 7.95. The number of hydrogen-bond acceptors (Lipinski definition) is 2. The molecule has 0 heterocycles. The fraction of sp³-hybridized carbons (Fsp3) is 0.417. The molecule has 17 heavy (non-hydrogen) atoms. The molecule has 2 N–H and O–H groups in total. The number of hydrogen-bond donors (Lipinski definition) is 2. The number of rotatable bonds is 4. The first kappa shape index (κ1) is 13.9. The lowest BCUT2D eigenvalue weighted by molar-refractivity contribution is -0.125. The highest BCUT2D eigenvalue weighted by molar-refractivity contribution is 6.30. The van der Waals surface area contributed by atoms with E-state index in [4.69, 9.17) is 11.6 Å². The maximum atomic E-state index is 13.0. The summed E-state index contributed by atoms with van der Waals surface area (Å²) in [4.78, 5) is 11.5. The number of benzene rings is 1. The predicted molar refractivity (Wildman–Crippen MR) is 64.2 cm³/mol. The molecular weight excluding hydrogens is 245 g/mol. The maximum Gasteiger partial charge on any atom is 0.223 e. The SMILES string of the molecule is CC(C)C(=O)N[C@H](CO)c1ccc(F)c(Cl)c1. The van der Waals surface area contributed by atoms with Crippen molar-refractivity contribution in [3.63, 3.8) is 0 Å². The van der Waals surface area contributed by atoms with Crippen molar-refractivity contribution in [2.45, 2.75) is 19.9 Å². The van der Waals surface area contributed by atoms with Crippen LogP contribution in [0.4, 0.5) is 4.39 Å². The minimum Gasteiger partial charge on any atom is -0.394 e. The van der Waals surface area contributed by atoms with Crippen LogP contribution in [0.25, 0.3) is 0 Å². The van der Waals surface area contributed by atoms with Gasteiger partial charge < -0.3 is 10.4 Å². The number of carbonyl (C=O) groups excluding carboxylic acids is 1. The highest BCUT2D eigenvalue weighted by atomic mass is 35.5. The lowest BCUT2D eigenvalue weighted by Crippen LogP contribution is -2.33. The number of aliphatic hydroxyl groups excluding tert-OH is 1. The molecule has 1 aromatic carbocycles. The predicted octanol–water partition coefficient (Wildman–Crippen LogP) is 2.28. The average Bonchev–Trinajstić information content (AvgIpc) is 2.29. The van der Waals surface area contributed by atoms with Gasteiger partial charge in [0.15, 0.2) is 0 Å². The van der Waals surface area contributed by atoms with E-state index in [0.29, 0.717) is 5.56 Å². The van der Waals surface area contributed by atoms with Gasteiger partial charge >= 0.3 is 0 Å². The summed E-state index contributed by atoms with van der Waals surface area (Å²) >= 11 is 5.64. The van der Waals surface area contributed by atoms with Crippen LogP contribution in [0.5, 0.6) is 0 Å². The Hall–Kier alpha value is -1.13.